The van der Waals surface area contributed by atoms with Crippen molar-refractivity contribution < 1.29 is 17.9 Å². The van der Waals surface area contributed by atoms with Crippen LogP contribution in [0.15, 0.2) is 41.8 Å². The van der Waals surface area contributed by atoms with Gasteiger partial charge in [-0.2, -0.15) is 13.5 Å². The molecule has 0 aliphatic heterocycles. The Morgan fingerprint density at radius 1 is 1.28 bits per heavy atom. The highest BCUT2D eigenvalue weighted by Crippen LogP contribution is 2.08. The average molecular weight is 268 g/mol. The number of para-hydroxylation sites is 1. The van der Waals surface area contributed by atoms with Gasteiger partial charge >= 0.3 is 16.1 Å². The standard InChI is InChI=1S/C9H8N4O4S/c14-9(17-7-4-2-1-3-5-7)13-18(15,16)8-10-6-11-12-8/h1-6H,(H,13,14)(H,10,11,12). The minimum atomic E-state index is -4.09. The van der Waals surface area contributed by atoms with E-state index in [0.29, 0.717) is 0 Å². The number of aromatic amines is 1. The summed E-state index contributed by atoms with van der Waals surface area (Å²) in [6.07, 6.45) is -0.116. The number of nitrogens with one attached hydrogen (secondary N) is 2. The van der Waals surface area contributed by atoms with E-state index in [1.165, 1.54) is 12.1 Å². The monoisotopic (exact) mass is 268 g/mol. The van der Waals surface area contributed by atoms with Gasteiger partial charge in [0.2, 0.25) is 0 Å². The first-order valence-corrected chi connectivity index (χ1v) is 6.21. The molecule has 18 heavy (non-hydrogen) atoms. The van der Waals surface area contributed by atoms with E-state index in [1.807, 2.05) is 0 Å². The molecule has 2 aromatic rings. The zero-order valence-corrected chi connectivity index (χ0v) is 9.72. The van der Waals surface area contributed by atoms with Crippen molar-refractivity contribution in [2.75, 3.05) is 0 Å². The highest BCUT2D eigenvalue weighted by Gasteiger charge is 2.21. The maximum absolute atomic E-state index is 11.5. The van der Waals surface area contributed by atoms with Crippen LogP contribution in [0.25, 0.3) is 0 Å². The van der Waals surface area contributed by atoms with E-state index in [2.05, 4.69) is 15.2 Å². The molecule has 2 N–H and O–H groups in total. The van der Waals surface area contributed by atoms with E-state index < -0.39 is 21.3 Å². The van der Waals surface area contributed by atoms with E-state index in [9.17, 15) is 13.2 Å². The number of hydrogen-bond donors (Lipinski definition) is 2. The first-order chi connectivity index (χ1) is 8.58. The lowest BCUT2D eigenvalue weighted by Gasteiger charge is -2.05. The molecule has 0 radical (unpaired) electrons. The number of amides is 1. The van der Waals surface area contributed by atoms with Crippen molar-refractivity contribution in [1.29, 1.82) is 0 Å². The number of carbonyl (C=O) groups is 1. The molecule has 1 heterocycles. The highest BCUT2D eigenvalue weighted by molar-refractivity contribution is 7.89. The third-order valence-electron chi connectivity index (χ3n) is 1.82. The van der Waals surface area contributed by atoms with Crippen LogP contribution in [0.3, 0.4) is 0 Å². The molecule has 0 fully saturated rings. The molecule has 0 unspecified atom stereocenters. The van der Waals surface area contributed by atoms with Crippen LogP contribution >= 0.6 is 0 Å². The van der Waals surface area contributed by atoms with E-state index in [0.717, 1.165) is 6.33 Å². The molecular weight excluding hydrogens is 260 g/mol. The smallest absolute Gasteiger partial charge is 0.410 e. The molecule has 0 atom stereocenters. The fraction of sp³-hybridized carbons (Fsp3) is 0. The summed E-state index contributed by atoms with van der Waals surface area (Å²) in [4.78, 5) is 14.8. The molecule has 2 rings (SSSR count). The summed E-state index contributed by atoms with van der Waals surface area (Å²) in [5, 5.41) is 5.03. The molecule has 9 heteroatoms. The first kappa shape index (κ1) is 12.0. The Morgan fingerprint density at radius 2 is 2.00 bits per heavy atom. The predicted octanol–water partition coefficient (Wildman–Crippen LogP) is 0.282. The Morgan fingerprint density at radius 3 is 2.61 bits per heavy atom. The minimum Gasteiger partial charge on any atom is -0.410 e. The topological polar surface area (TPSA) is 114 Å². The van der Waals surface area contributed by atoms with E-state index >= 15 is 0 Å². The Labute approximate surface area is 102 Å². The molecule has 0 aliphatic carbocycles. The van der Waals surface area contributed by atoms with Gasteiger partial charge in [-0.1, -0.05) is 18.2 Å². The molecular formula is C9H8N4O4S. The van der Waals surface area contributed by atoms with Crippen molar-refractivity contribution in [3.63, 3.8) is 0 Å². The van der Waals surface area contributed by atoms with Crippen molar-refractivity contribution in [1.82, 2.24) is 19.9 Å². The molecule has 1 amide bonds. The molecule has 0 saturated heterocycles. The van der Waals surface area contributed by atoms with Crippen molar-refractivity contribution in [3.05, 3.63) is 36.7 Å². The zero-order chi connectivity index (χ0) is 13.0. The molecule has 94 valence electrons. The van der Waals surface area contributed by atoms with Gasteiger partial charge in [0.15, 0.2) is 0 Å². The number of carbonyl (C=O) groups excluding carboxylic acids is 1. The number of aromatic nitrogens is 3. The number of ether oxygens (including phenoxy) is 1. The van der Waals surface area contributed by atoms with Crippen molar-refractivity contribution in [2.24, 2.45) is 0 Å². The van der Waals surface area contributed by atoms with E-state index in [1.54, 1.807) is 22.9 Å². The highest BCUT2D eigenvalue weighted by atomic mass is 32.2. The lowest BCUT2D eigenvalue weighted by molar-refractivity contribution is 0.206. The third kappa shape index (κ3) is 2.83. The van der Waals surface area contributed by atoms with Gasteiger partial charge in [0.25, 0.3) is 5.16 Å². The maximum Gasteiger partial charge on any atom is 0.426 e. The number of H-pyrrole nitrogens is 1. The van der Waals surface area contributed by atoms with Crippen molar-refractivity contribution >= 4 is 16.1 Å². The van der Waals surface area contributed by atoms with Gasteiger partial charge in [0.1, 0.15) is 12.1 Å². The van der Waals surface area contributed by atoms with Gasteiger partial charge in [-0.05, 0) is 12.1 Å². The van der Waals surface area contributed by atoms with Crippen LogP contribution in [0.2, 0.25) is 0 Å². The normalized spacial score (nSPS) is 10.9. The van der Waals surface area contributed by atoms with Crippen LogP contribution in [0.1, 0.15) is 0 Å². The maximum atomic E-state index is 11.5. The largest absolute Gasteiger partial charge is 0.426 e. The zero-order valence-electron chi connectivity index (χ0n) is 8.90. The second-order valence-electron chi connectivity index (χ2n) is 3.10. The van der Waals surface area contributed by atoms with E-state index in [4.69, 9.17) is 4.74 Å². The molecule has 0 saturated carbocycles. The molecule has 8 nitrogen and oxygen atoms in total. The molecule has 1 aromatic heterocycles. The second kappa shape index (κ2) is 4.84. The molecule has 0 spiro atoms. The molecule has 0 aliphatic rings. The summed E-state index contributed by atoms with van der Waals surface area (Å²) in [6, 6.07) is 8.05. The summed E-state index contributed by atoms with van der Waals surface area (Å²) in [6.45, 7) is 0. The van der Waals surface area contributed by atoms with Crippen molar-refractivity contribution in [2.45, 2.75) is 5.16 Å². The Bertz CT molecular complexity index is 624. The van der Waals surface area contributed by atoms with Crippen molar-refractivity contribution in [3.8, 4) is 5.75 Å². The van der Waals surface area contributed by atoms with E-state index in [-0.39, 0.29) is 5.75 Å². The fourth-order valence-electron chi connectivity index (χ4n) is 1.10. The van der Waals surface area contributed by atoms with Gasteiger partial charge in [-0.25, -0.2) is 19.6 Å². The minimum absolute atomic E-state index is 0.225. The summed E-state index contributed by atoms with van der Waals surface area (Å²) in [7, 11) is -4.09. The SMILES string of the molecule is O=C(NS(=O)(=O)c1ncn[nH]1)Oc1ccccc1. The number of sulfonamides is 1. The van der Waals surface area contributed by atoms with Gasteiger partial charge < -0.3 is 4.74 Å². The summed E-state index contributed by atoms with van der Waals surface area (Å²) < 4.78 is 29.5. The Balaban J connectivity index is 2.05. The van der Waals surface area contributed by atoms with Crippen LogP contribution in [0.5, 0.6) is 5.75 Å². The third-order valence-corrected chi connectivity index (χ3v) is 2.96. The fourth-order valence-corrected chi connectivity index (χ4v) is 1.81. The first-order valence-electron chi connectivity index (χ1n) is 4.73. The Hall–Kier alpha value is -2.42. The predicted molar refractivity (Wildman–Crippen MR) is 59.2 cm³/mol. The number of benzene rings is 1. The summed E-state index contributed by atoms with van der Waals surface area (Å²) in [5.41, 5.74) is 0. The lowest BCUT2D eigenvalue weighted by Crippen LogP contribution is -2.33. The van der Waals surface area contributed by atoms with Gasteiger partial charge in [-0.3, -0.25) is 0 Å². The van der Waals surface area contributed by atoms with Gasteiger partial charge in [0, 0.05) is 0 Å². The van der Waals surface area contributed by atoms with Crippen LogP contribution in [-0.4, -0.2) is 29.7 Å². The number of hydrogen-bond acceptors (Lipinski definition) is 6. The van der Waals surface area contributed by atoms with Crippen LogP contribution in [0, 0.1) is 0 Å². The van der Waals surface area contributed by atoms with Gasteiger partial charge in [-0.15, -0.1) is 0 Å². The van der Waals surface area contributed by atoms with Crippen LogP contribution in [0.4, 0.5) is 4.79 Å². The quantitative estimate of drug-likeness (QED) is 0.826. The van der Waals surface area contributed by atoms with Gasteiger partial charge in [0.05, 0.1) is 0 Å². The number of nitrogens with zero attached hydrogens (tertiary/aromatic N) is 2. The van der Waals surface area contributed by atoms with Crippen LogP contribution < -0.4 is 9.46 Å². The molecule has 1 aromatic carbocycles. The summed E-state index contributed by atoms with van der Waals surface area (Å²) >= 11 is 0. The lowest BCUT2D eigenvalue weighted by atomic mass is 10.3. The van der Waals surface area contributed by atoms with Crippen LogP contribution in [-0.2, 0) is 10.0 Å². The Kier molecular flexibility index (Phi) is 3.24. The molecule has 0 bridgehead atoms. The number of rotatable bonds is 3. The second-order valence-corrected chi connectivity index (χ2v) is 4.70. The summed E-state index contributed by atoms with van der Waals surface area (Å²) in [5.74, 6) is 0.225. The average Bonchev–Trinajstić information content (AvgIpc) is 2.83.